The Morgan fingerprint density at radius 2 is 1.68 bits per heavy atom. The molecule has 0 saturated heterocycles. The molecule has 3 aromatic carbocycles. The molecule has 0 aliphatic carbocycles. The molecule has 13 heteroatoms. The quantitative estimate of drug-likeness (QED) is 0.211. The number of aliphatic hydroxyl groups is 1. The summed E-state index contributed by atoms with van der Waals surface area (Å²) < 4.78 is 65.1. The normalized spacial score (nSPS) is 20.0. The van der Waals surface area contributed by atoms with Gasteiger partial charge in [0.1, 0.15) is 11.6 Å². The summed E-state index contributed by atoms with van der Waals surface area (Å²) in [7, 11) is 1.87. The first kappa shape index (κ1) is 38.6. The summed E-state index contributed by atoms with van der Waals surface area (Å²) in [6.45, 7) is 6.85. The molecule has 272 valence electrons. The lowest BCUT2D eigenvalue weighted by molar-refractivity contribution is -0.137. The number of hydrogen-bond acceptors (Lipinski definition) is 6. The number of rotatable bonds is 8. The number of carbonyl (C=O) groups is 2. The molecule has 4 rings (SSSR count). The zero-order chi connectivity index (χ0) is 36.4. The average molecular weight is 703 g/mol. The first-order chi connectivity index (χ1) is 23.7. The molecule has 50 heavy (non-hydrogen) atoms. The zero-order valence-corrected chi connectivity index (χ0v) is 28.8. The fourth-order valence-electron chi connectivity index (χ4n) is 5.77. The van der Waals surface area contributed by atoms with Crippen LogP contribution in [0.15, 0.2) is 66.7 Å². The van der Waals surface area contributed by atoms with Gasteiger partial charge in [-0.3, -0.25) is 9.69 Å². The lowest BCUT2D eigenvalue weighted by atomic mass is 10.0. The van der Waals surface area contributed by atoms with Gasteiger partial charge in [-0.15, -0.1) is 0 Å². The number of amides is 3. The molecule has 0 fully saturated rings. The summed E-state index contributed by atoms with van der Waals surface area (Å²) in [5.74, 6) is -0.709. The van der Waals surface area contributed by atoms with E-state index in [0.29, 0.717) is 43.2 Å². The monoisotopic (exact) mass is 702 g/mol. The highest BCUT2D eigenvalue weighted by atomic mass is 19.4. The number of carbonyl (C=O) groups excluding carboxylic acids is 2. The van der Waals surface area contributed by atoms with Crippen LogP contribution in [0.1, 0.15) is 61.5 Å². The number of likely N-dealkylation sites (N-methyl/N-ethyl adjacent to an activating group) is 1. The number of benzene rings is 3. The largest absolute Gasteiger partial charge is 0.490 e. The van der Waals surface area contributed by atoms with Gasteiger partial charge < -0.3 is 30.1 Å². The van der Waals surface area contributed by atoms with Gasteiger partial charge in [0.05, 0.1) is 36.0 Å². The maximum absolute atomic E-state index is 14.3. The molecule has 3 N–H and O–H groups in total. The minimum atomic E-state index is -4.41. The smallest absolute Gasteiger partial charge is 0.416 e. The molecule has 1 heterocycles. The van der Waals surface area contributed by atoms with Gasteiger partial charge in [-0.2, -0.15) is 13.2 Å². The Hall–Kier alpha value is -4.20. The van der Waals surface area contributed by atoms with Crippen LogP contribution in [0.4, 0.5) is 33.7 Å². The van der Waals surface area contributed by atoms with Crippen molar-refractivity contribution in [1.29, 1.82) is 0 Å². The van der Waals surface area contributed by atoms with Crippen molar-refractivity contribution in [1.82, 2.24) is 9.80 Å². The van der Waals surface area contributed by atoms with Gasteiger partial charge in [0, 0.05) is 43.5 Å². The van der Waals surface area contributed by atoms with E-state index < -0.39 is 35.5 Å². The van der Waals surface area contributed by atoms with Gasteiger partial charge in [-0.25, -0.2) is 9.18 Å². The van der Waals surface area contributed by atoms with Crippen molar-refractivity contribution in [3.8, 4) is 5.75 Å². The average Bonchev–Trinajstić information content (AvgIpc) is 3.07. The van der Waals surface area contributed by atoms with E-state index in [0.717, 1.165) is 30.5 Å². The SMILES string of the molecule is C[C@@H]1CCCCO[C@@H](CN(C)Cc2ccc(C(F)(F)F)cc2)[C@@H](C)CN([C@@H](C)CO)C(=O)c2cc(NC(=O)Nc3ccc(F)cc3)ccc2O1. The fourth-order valence-corrected chi connectivity index (χ4v) is 5.77. The first-order valence-electron chi connectivity index (χ1n) is 16.8. The summed E-state index contributed by atoms with van der Waals surface area (Å²) in [5.41, 5.74) is 0.935. The Morgan fingerprint density at radius 3 is 2.34 bits per heavy atom. The first-order valence-corrected chi connectivity index (χ1v) is 16.8. The molecular weight excluding hydrogens is 656 g/mol. The van der Waals surface area contributed by atoms with E-state index in [9.17, 15) is 32.3 Å². The lowest BCUT2D eigenvalue weighted by Crippen LogP contribution is -2.47. The Morgan fingerprint density at radius 1 is 1.02 bits per heavy atom. The van der Waals surface area contributed by atoms with Gasteiger partial charge in [0.15, 0.2) is 0 Å². The summed E-state index contributed by atoms with van der Waals surface area (Å²) in [6, 6.07) is 14.0. The summed E-state index contributed by atoms with van der Waals surface area (Å²) >= 11 is 0. The number of hydrogen-bond donors (Lipinski definition) is 3. The number of aliphatic hydroxyl groups excluding tert-OH is 1. The summed E-state index contributed by atoms with van der Waals surface area (Å²) in [6.07, 6.45) is -2.70. The van der Waals surface area contributed by atoms with E-state index in [1.807, 2.05) is 25.8 Å². The second-order valence-corrected chi connectivity index (χ2v) is 13.0. The van der Waals surface area contributed by atoms with E-state index in [2.05, 4.69) is 10.6 Å². The number of halogens is 4. The Kier molecular flexibility index (Phi) is 13.6. The van der Waals surface area contributed by atoms with Crippen LogP contribution in [-0.4, -0.2) is 78.4 Å². The highest BCUT2D eigenvalue weighted by Gasteiger charge is 2.32. The van der Waals surface area contributed by atoms with Crippen LogP contribution in [-0.2, 0) is 17.5 Å². The van der Waals surface area contributed by atoms with Gasteiger partial charge in [-0.1, -0.05) is 19.1 Å². The number of fused-ring (bicyclic) bond motifs is 1. The Bertz CT molecular complexity index is 1550. The third-order valence-corrected chi connectivity index (χ3v) is 8.64. The molecule has 3 amide bonds. The van der Waals surface area contributed by atoms with Crippen LogP contribution in [0.3, 0.4) is 0 Å². The molecule has 0 bridgehead atoms. The third kappa shape index (κ3) is 11.2. The molecule has 1 aliphatic rings. The predicted molar refractivity (Wildman–Crippen MR) is 184 cm³/mol. The van der Waals surface area contributed by atoms with Crippen LogP contribution >= 0.6 is 0 Å². The fraction of sp³-hybridized carbons (Fsp3) is 0.459. The van der Waals surface area contributed by atoms with Crippen LogP contribution in [0.25, 0.3) is 0 Å². The van der Waals surface area contributed by atoms with Gasteiger partial charge in [0.25, 0.3) is 5.91 Å². The third-order valence-electron chi connectivity index (χ3n) is 8.64. The molecule has 1 aliphatic heterocycles. The predicted octanol–water partition coefficient (Wildman–Crippen LogP) is 7.42. The van der Waals surface area contributed by atoms with E-state index in [1.54, 1.807) is 24.0 Å². The Labute approximate surface area is 290 Å². The van der Waals surface area contributed by atoms with Crippen molar-refractivity contribution in [2.75, 3.05) is 44.0 Å². The number of ether oxygens (including phenoxy) is 2. The second kappa shape index (κ2) is 17.6. The van der Waals surface area contributed by atoms with E-state index in [-0.39, 0.29) is 36.8 Å². The molecule has 0 aromatic heterocycles. The number of nitrogens with one attached hydrogen (secondary N) is 2. The van der Waals surface area contributed by atoms with Crippen molar-refractivity contribution >= 4 is 23.3 Å². The second-order valence-electron chi connectivity index (χ2n) is 13.0. The van der Waals surface area contributed by atoms with Crippen molar-refractivity contribution in [3.05, 3.63) is 89.2 Å². The van der Waals surface area contributed by atoms with Gasteiger partial charge >= 0.3 is 12.2 Å². The van der Waals surface area contributed by atoms with E-state index in [1.165, 1.54) is 42.5 Å². The van der Waals surface area contributed by atoms with Crippen LogP contribution in [0, 0.1) is 11.7 Å². The van der Waals surface area contributed by atoms with Gasteiger partial charge in [-0.05, 0) is 100 Å². The lowest BCUT2D eigenvalue weighted by Gasteiger charge is -2.36. The topological polar surface area (TPSA) is 103 Å². The van der Waals surface area contributed by atoms with Crippen LogP contribution < -0.4 is 15.4 Å². The highest BCUT2D eigenvalue weighted by Crippen LogP contribution is 2.30. The van der Waals surface area contributed by atoms with Crippen molar-refractivity contribution in [2.24, 2.45) is 5.92 Å². The molecule has 3 aromatic rings. The number of urea groups is 1. The van der Waals surface area contributed by atoms with Crippen molar-refractivity contribution in [3.63, 3.8) is 0 Å². The zero-order valence-electron chi connectivity index (χ0n) is 28.8. The highest BCUT2D eigenvalue weighted by molar-refractivity contribution is 6.02. The molecule has 4 atom stereocenters. The maximum atomic E-state index is 14.3. The molecule has 0 saturated carbocycles. The van der Waals surface area contributed by atoms with Gasteiger partial charge in [0.2, 0.25) is 0 Å². The standard InChI is InChI=1S/C37H46F4N4O5/c1-24-20-45(25(2)23-46)35(47)32-19-31(43-36(48)42-30-14-12-29(38)13-15-30)16-17-33(32)50-26(3)7-5-6-18-49-34(24)22-44(4)21-27-8-10-28(11-9-27)37(39,40)41/h8-17,19,24-26,34,46H,5-7,18,20-23H2,1-4H3,(H2,42,43,48)/t24-,25-,26+,34-/m0/s1. The number of nitrogens with zero attached hydrogens (tertiary/aromatic N) is 2. The minimum absolute atomic E-state index is 0.206. The molecule has 0 unspecified atom stereocenters. The van der Waals surface area contributed by atoms with Crippen molar-refractivity contribution in [2.45, 2.75) is 71.0 Å². The van der Waals surface area contributed by atoms with E-state index >= 15 is 0 Å². The molecule has 0 spiro atoms. The summed E-state index contributed by atoms with van der Waals surface area (Å²) in [4.78, 5) is 30.6. The van der Waals surface area contributed by atoms with E-state index in [4.69, 9.17) is 9.47 Å². The Balaban J connectivity index is 1.56. The molecular formula is C37H46F4N4O5. The van der Waals surface area contributed by atoms with Crippen molar-refractivity contribution < 1.29 is 41.7 Å². The maximum Gasteiger partial charge on any atom is 0.416 e. The molecule has 9 nitrogen and oxygen atoms in total. The van der Waals surface area contributed by atoms with Crippen LogP contribution in [0.2, 0.25) is 0 Å². The molecule has 0 radical (unpaired) electrons. The number of anilines is 2. The number of alkyl halides is 3. The summed E-state index contributed by atoms with van der Waals surface area (Å²) in [5, 5.41) is 15.6. The minimum Gasteiger partial charge on any atom is -0.490 e. The van der Waals surface area contributed by atoms with Crippen LogP contribution in [0.5, 0.6) is 5.75 Å².